The van der Waals surface area contributed by atoms with Crippen LogP contribution in [0, 0.1) is 18.3 Å². The van der Waals surface area contributed by atoms with Crippen molar-refractivity contribution in [3.05, 3.63) is 70.1 Å². The summed E-state index contributed by atoms with van der Waals surface area (Å²) in [6.07, 6.45) is 4.64. The first-order valence-electron chi connectivity index (χ1n) is 10.7. The maximum Gasteiger partial charge on any atom is 0.134 e. The predicted octanol–water partition coefficient (Wildman–Crippen LogP) is 6.17. The van der Waals surface area contributed by atoms with Crippen LogP contribution < -0.4 is 4.90 Å². The highest BCUT2D eigenvalue weighted by Gasteiger charge is 2.28. The highest BCUT2D eigenvalue weighted by molar-refractivity contribution is 6.32. The normalized spacial score (nSPS) is 17.2. The van der Waals surface area contributed by atoms with Crippen LogP contribution in [0.3, 0.4) is 0 Å². The summed E-state index contributed by atoms with van der Waals surface area (Å²) in [6.45, 7) is 4.17. The van der Waals surface area contributed by atoms with Crippen LogP contribution in [0.2, 0.25) is 5.15 Å². The minimum Gasteiger partial charge on any atom is -0.371 e. The van der Waals surface area contributed by atoms with E-state index in [-0.39, 0.29) is 0 Å². The van der Waals surface area contributed by atoms with Crippen molar-refractivity contribution in [1.29, 1.82) is 5.26 Å². The van der Waals surface area contributed by atoms with E-state index >= 15 is 0 Å². The lowest BCUT2D eigenvalue weighted by molar-refractivity contribution is 0.505. The van der Waals surface area contributed by atoms with Gasteiger partial charge in [0.05, 0.1) is 11.6 Å². The quantitative estimate of drug-likeness (QED) is 0.553. The molecule has 30 heavy (non-hydrogen) atoms. The van der Waals surface area contributed by atoms with E-state index in [2.05, 4.69) is 53.2 Å². The van der Waals surface area contributed by atoms with Gasteiger partial charge in [-0.15, -0.1) is 0 Å². The Labute approximate surface area is 182 Å². The molecule has 1 aliphatic heterocycles. The molecule has 1 N–H and O–H groups in total. The molecule has 1 aromatic heterocycles. The molecule has 5 rings (SSSR count). The van der Waals surface area contributed by atoms with Gasteiger partial charge in [-0.1, -0.05) is 29.8 Å². The van der Waals surface area contributed by atoms with Gasteiger partial charge in [0.2, 0.25) is 0 Å². The molecule has 0 radical (unpaired) electrons. The molecule has 0 bridgehead atoms. The number of hydrogen-bond donors (Lipinski definition) is 1. The Morgan fingerprint density at radius 1 is 1.03 bits per heavy atom. The fraction of sp³-hybridized carbons (Fsp3) is 0.360. The molecule has 1 aliphatic carbocycles. The first kappa shape index (κ1) is 19.2. The second-order valence-electron chi connectivity index (χ2n) is 8.55. The zero-order valence-corrected chi connectivity index (χ0v) is 17.9. The molecule has 2 aliphatic rings. The number of aryl methyl sites for hydroxylation is 1. The summed E-state index contributed by atoms with van der Waals surface area (Å²) in [6, 6.07) is 16.9. The van der Waals surface area contributed by atoms with E-state index in [0.29, 0.717) is 17.0 Å². The van der Waals surface area contributed by atoms with Crippen LogP contribution in [0.25, 0.3) is 11.3 Å². The van der Waals surface area contributed by atoms with E-state index < -0.39 is 0 Å². The van der Waals surface area contributed by atoms with Gasteiger partial charge in [0.15, 0.2) is 0 Å². The molecule has 3 aromatic rings. The lowest BCUT2D eigenvalue weighted by Crippen LogP contribution is -2.32. The Bertz CT molecular complexity index is 1100. The van der Waals surface area contributed by atoms with Crippen LogP contribution in [0.15, 0.2) is 42.5 Å². The van der Waals surface area contributed by atoms with Gasteiger partial charge in [-0.25, -0.2) is 4.98 Å². The van der Waals surface area contributed by atoms with E-state index in [1.807, 2.05) is 12.1 Å². The third kappa shape index (κ3) is 3.70. The van der Waals surface area contributed by atoms with Crippen LogP contribution in [0.5, 0.6) is 0 Å². The van der Waals surface area contributed by atoms with Crippen molar-refractivity contribution >= 4 is 17.3 Å². The van der Waals surface area contributed by atoms with E-state index in [9.17, 15) is 0 Å². The van der Waals surface area contributed by atoms with Crippen LogP contribution in [0.4, 0.5) is 5.69 Å². The summed E-state index contributed by atoms with van der Waals surface area (Å²) in [5.41, 5.74) is 6.50. The number of nitrogens with one attached hydrogen (secondary N) is 1. The summed E-state index contributed by atoms with van der Waals surface area (Å²) >= 11 is 6.52. The summed E-state index contributed by atoms with van der Waals surface area (Å²) in [4.78, 5) is 10.6. The number of aromatic nitrogens is 2. The number of imidazole rings is 1. The fourth-order valence-corrected chi connectivity index (χ4v) is 4.70. The average Bonchev–Trinajstić information content (AvgIpc) is 3.57. The topological polar surface area (TPSA) is 55.7 Å². The molecule has 1 saturated heterocycles. The van der Waals surface area contributed by atoms with E-state index in [1.165, 1.54) is 29.7 Å². The Balaban J connectivity index is 1.33. The Kier molecular flexibility index (Phi) is 5.00. The van der Waals surface area contributed by atoms with Crippen molar-refractivity contribution in [1.82, 2.24) is 9.97 Å². The number of nitriles is 1. The molecule has 2 heterocycles. The van der Waals surface area contributed by atoms with Crippen LogP contribution in [0.1, 0.15) is 60.0 Å². The van der Waals surface area contributed by atoms with Crippen molar-refractivity contribution in [3.8, 4) is 17.3 Å². The number of nitrogens with zero attached hydrogens (tertiary/aromatic N) is 3. The van der Waals surface area contributed by atoms with Crippen LogP contribution >= 0.6 is 11.6 Å². The van der Waals surface area contributed by atoms with Crippen LogP contribution in [-0.4, -0.2) is 23.1 Å². The van der Waals surface area contributed by atoms with Crippen LogP contribution in [-0.2, 0) is 0 Å². The van der Waals surface area contributed by atoms with Gasteiger partial charge < -0.3 is 9.88 Å². The van der Waals surface area contributed by atoms with Gasteiger partial charge in [0, 0.05) is 30.3 Å². The molecule has 2 fully saturated rings. The number of H-pyrrole nitrogens is 1. The van der Waals surface area contributed by atoms with E-state index in [0.717, 1.165) is 48.6 Å². The van der Waals surface area contributed by atoms with Crippen molar-refractivity contribution in [2.24, 2.45) is 0 Å². The standard InChI is InChI=1S/C25H25ClN4/c1-16-2-9-21(14-22(16)23-24(26)29-25(28-23)20-7-8-20)30-12-10-19(11-13-30)18-5-3-17(15-27)4-6-18/h2-6,9,14,19-20H,7-8,10-13H2,1H3,(H,28,29). The minimum absolute atomic E-state index is 0.556. The fourth-order valence-electron chi connectivity index (χ4n) is 4.46. The number of anilines is 1. The average molecular weight is 417 g/mol. The molecular formula is C25H25ClN4. The molecule has 1 saturated carbocycles. The highest BCUT2D eigenvalue weighted by atomic mass is 35.5. The molecule has 5 heteroatoms. The number of rotatable bonds is 4. The number of piperidine rings is 1. The first-order chi connectivity index (χ1) is 14.6. The van der Waals surface area contributed by atoms with Gasteiger partial charge in [-0.3, -0.25) is 0 Å². The lowest BCUT2D eigenvalue weighted by atomic mass is 9.88. The van der Waals surface area contributed by atoms with Gasteiger partial charge in [-0.05, 0) is 73.9 Å². The maximum absolute atomic E-state index is 9.00. The van der Waals surface area contributed by atoms with Crippen molar-refractivity contribution in [2.45, 2.75) is 44.4 Å². The smallest absolute Gasteiger partial charge is 0.134 e. The van der Waals surface area contributed by atoms with Crippen molar-refractivity contribution in [2.75, 3.05) is 18.0 Å². The van der Waals surface area contributed by atoms with E-state index in [4.69, 9.17) is 21.8 Å². The maximum atomic E-state index is 9.00. The van der Waals surface area contributed by atoms with Crippen molar-refractivity contribution in [3.63, 3.8) is 0 Å². The van der Waals surface area contributed by atoms with Gasteiger partial charge in [-0.2, -0.15) is 5.26 Å². The zero-order chi connectivity index (χ0) is 20.7. The lowest BCUT2D eigenvalue weighted by Gasteiger charge is -2.34. The molecule has 0 spiro atoms. The summed E-state index contributed by atoms with van der Waals surface area (Å²) < 4.78 is 0. The second kappa shape index (κ2) is 7.81. The first-order valence-corrected chi connectivity index (χ1v) is 11.1. The van der Waals surface area contributed by atoms with Gasteiger partial charge >= 0.3 is 0 Å². The summed E-state index contributed by atoms with van der Waals surface area (Å²) in [5, 5.41) is 9.65. The number of halogens is 1. The summed E-state index contributed by atoms with van der Waals surface area (Å²) in [7, 11) is 0. The molecular weight excluding hydrogens is 392 g/mol. The molecule has 0 amide bonds. The molecule has 152 valence electrons. The Hall–Kier alpha value is -2.77. The summed E-state index contributed by atoms with van der Waals surface area (Å²) in [5.74, 6) is 2.14. The van der Waals surface area contributed by atoms with E-state index in [1.54, 1.807) is 0 Å². The van der Waals surface area contributed by atoms with Crippen molar-refractivity contribution < 1.29 is 0 Å². The largest absolute Gasteiger partial charge is 0.371 e. The third-order valence-electron chi connectivity index (χ3n) is 6.49. The molecule has 0 atom stereocenters. The molecule has 4 nitrogen and oxygen atoms in total. The van der Waals surface area contributed by atoms with Gasteiger partial charge in [0.1, 0.15) is 16.7 Å². The molecule has 0 unspecified atom stereocenters. The SMILES string of the molecule is Cc1ccc(N2CCC(c3ccc(C#N)cc3)CC2)cc1-c1nc(C2CC2)[nH]c1Cl. The predicted molar refractivity (Wildman–Crippen MR) is 121 cm³/mol. The minimum atomic E-state index is 0.556. The zero-order valence-electron chi connectivity index (χ0n) is 17.2. The Morgan fingerprint density at radius 2 is 1.77 bits per heavy atom. The number of benzene rings is 2. The number of hydrogen-bond acceptors (Lipinski definition) is 3. The second-order valence-corrected chi connectivity index (χ2v) is 8.93. The number of aromatic amines is 1. The third-order valence-corrected chi connectivity index (χ3v) is 6.76. The molecule has 2 aromatic carbocycles. The van der Waals surface area contributed by atoms with Gasteiger partial charge in [0.25, 0.3) is 0 Å². The highest BCUT2D eigenvalue weighted by Crippen LogP contribution is 2.41. The Morgan fingerprint density at radius 3 is 2.43 bits per heavy atom. The monoisotopic (exact) mass is 416 g/mol.